The molecule has 18 atom stereocenters. The minimum absolute atomic E-state index is 0.0129. The molecule has 2 saturated heterocycles. The second-order valence-corrected chi connectivity index (χ2v) is 38.3. The number of urea groups is 1. The first-order chi connectivity index (χ1) is 67.2. The maximum absolute atomic E-state index is 14.5. The number of benzene rings is 2. The van der Waals surface area contributed by atoms with Gasteiger partial charge in [-0.15, -0.1) is 0 Å². The Bertz CT molecular complexity index is 4270. The van der Waals surface area contributed by atoms with Crippen LogP contribution in [-0.4, -0.2) is 314 Å². The molecule has 2 aliphatic heterocycles. The average Bonchev–Trinajstić information content (AvgIpc) is 1.67. The summed E-state index contributed by atoms with van der Waals surface area (Å²) in [7, 11) is 0. The number of amides is 12. The number of aliphatic hydroxyl groups excluding tert-OH is 4. The highest BCUT2D eigenvalue weighted by atomic mass is 32.2. The summed E-state index contributed by atoms with van der Waals surface area (Å²) in [6.07, 6.45) is -3.83. The summed E-state index contributed by atoms with van der Waals surface area (Å²) in [6.45, 7) is 14.5. The second kappa shape index (κ2) is 68.1. The summed E-state index contributed by atoms with van der Waals surface area (Å²) in [5.74, 6) is -22.5. The smallest absolute Gasteiger partial charge is 0.315 e. The summed E-state index contributed by atoms with van der Waals surface area (Å²) in [5, 5.41) is 82.5. The van der Waals surface area contributed by atoms with Crippen molar-refractivity contribution >= 4 is 118 Å². The molecule has 792 valence electrons. The van der Waals surface area contributed by atoms with Gasteiger partial charge in [-0.25, -0.2) is 4.79 Å². The number of primary amides is 1. The minimum atomic E-state index is -1.82. The molecular formula is C98H156N14O28S. The number of carbonyl (C=O) groups excluding carboxylic acids is 17. The van der Waals surface area contributed by atoms with Crippen LogP contribution in [0.1, 0.15) is 202 Å². The van der Waals surface area contributed by atoms with Crippen LogP contribution in [0.15, 0.2) is 60.7 Å². The molecule has 0 saturated carbocycles. The van der Waals surface area contributed by atoms with Crippen molar-refractivity contribution in [1.82, 2.24) is 58.5 Å². The van der Waals surface area contributed by atoms with Gasteiger partial charge in [0.15, 0.2) is 34.7 Å². The van der Waals surface area contributed by atoms with Crippen LogP contribution >= 0.6 is 11.8 Å². The summed E-state index contributed by atoms with van der Waals surface area (Å²) in [5.41, 5.74) is 18.6. The van der Waals surface area contributed by atoms with Gasteiger partial charge >= 0.3 is 12.0 Å². The van der Waals surface area contributed by atoms with Crippen LogP contribution in [0.4, 0.5) is 4.79 Å². The first kappa shape index (κ1) is 123. The molecule has 2 unspecified atom stereocenters. The summed E-state index contributed by atoms with van der Waals surface area (Å²) in [4.78, 5) is 245. The van der Waals surface area contributed by atoms with Gasteiger partial charge in [-0.05, 0) is 94.2 Å². The Morgan fingerprint density at radius 2 is 0.887 bits per heavy atom. The maximum atomic E-state index is 14.5. The third-order valence-corrected chi connectivity index (χ3v) is 26.0. The van der Waals surface area contributed by atoms with E-state index in [0.717, 1.165) is 31.9 Å². The van der Waals surface area contributed by atoms with Crippen LogP contribution in [0.5, 0.6) is 0 Å². The van der Waals surface area contributed by atoms with Crippen molar-refractivity contribution in [2.45, 2.75) is 281 Å². The molecule has 0 aromatic heterocycles. The number of fused-ring (bicyclic) bond motifs is 1. The van der Waals surface area contributed by atoms with Crippen molar-refractivity contribution in [2.75, 3.05) is 105 Å². The standard InChI is InChI=1S/C98H156N14O28S/c1-10-11-14-27-71(77(118)49-66(55-113)93(130)107-74(54-100)79(120)53-69(61(8)115)96(133)109-87(59(4)5)80(121)50-67(56-114)94(131)110-88(60(6)7)91(101)128)105-92(129)65(51-86(126)127)48-81(122)89(62(9)116)111-95(132)68(58(2)3)52-78(119)70(28-21-22-34-99)103-84(124)32-31-76(117)72(46-63-23-15-12-16-24-63)106-97(134)73(47-64-25-17-13-18-26-64)104-85(125)33-36-136-38-40-138-42-44-140-45-43-139-41-39-137-37-35-102-83(123)30-20-19-29-82-90-75(57-141-82)108-98(135)112-90/h12-13,15-18,23-26,58-62,65-75,82,87-90,113-116H,10-11,14,19-22,27-57,99-100H2,1-9H3,(H2,101,128)(H,102,123)(H,103,124)(H,104,125)(H,105,129)(H,106,134)(H,107,130)(H,109,133)(H,110,131)(H,111,132)(H,126,127)(H2,108,112,135)/t61-,62-,65+,66+,67+,68+,69?,70-,71-,72-,73-,74-,75-,82+,87-,88-,89?,90-/m1/s1. The number of hydrogen-bond donors (Lipinski definition) is 19. The molecule has 4 rings (SSSR count). The lowest BCUT2D eigenvalue weighted by molar-refractivity contribution is -0.143. The predicted molar refractivity (Wildman–Crippen MR) is 521 cm³/mol. The maximum Gasteiger partial charge on any atom is 0.315 e. The van der Waals surface area contributed by atoms with E-state index in [-0.39, 0.29) is 95.5 Å². The van der Waals surface area contributed by atoms with Crippen LogP contribution in [-0.2, 0) is 118 Å². The predicted octanol–water partition coefficient (Wildman–Crippen LogP) is 0.234. The molecule has 22 N–H and O–H groups in total. The van der Waals surface area contributed by atoms with Gasteiger partial charge in [-0.3, -0.25) is 81.5 Å². The van der Waals surface area contributed by atoms with Crippen molar-refractivity contribution in [3.05, 3.63) is 71.8 Å². The number of rotatable bonds is 79. The Hall–Kier alpha value is -10.2. The molecule has 0 bridgehead atoms. The summed E-state index contributed by atoms with van der Waals surface area (Å²) < 4.78 is 28.0. The number of aliphatic hydroxyl groups is 4. The van der Waals surface area contributed by atoms with Gasteiger partial charge in [0.1, 0.15) is 18.1 Å². The van der Waals surface area contributed by atoms with Crippen LogP contribution in [0.2, 0.25) is 0 Å². The van der Waals surface area contributed by atoms with Gasteiger partial charge in [0.2, 0.25) is 59.1 Å². The topological polar surface area (TPSA) is 665 Å². The Kier molecular flexibility index (Phi) is 59.5. The molecule has 42 nitrogen and oxygen atoms in total. The monoisotopic (exact) mass is 2010 g/mol. The van der Waals surface area contributed by atoms with Gasteiger partial charge in [0, 0.05) is 94.2 Å². The van der Waals surface area contributed by atoms with E-state index in [9.17, 15) is 112 Å². The van der Waals surface area contributed by atoms with E-state index < -0.39 is 273 Å². The first-order valence-electron chi connectivity index (χ1n) is 49.2. The fourth-order valence-corrected chi connectivity index (χ4v) is 17.6. The number of Topliss-reactive ketones (excluding diaryl/α,β-unsaturated/α-hetero) is 6. The first-order valence-corrected chi connectivity index (χ1v) is 50.2. The van der Waals surface area contributed by atoms with Gasteiger partial charge in [0.25, 0.3) is 0 Å². The van der Waals surface area contributed by atoms with E-state index in [1.54, 1.807) is 102 Å². The number of thioether (sulfide) groups is 1. The molecule has 141 heavy (non-hydrogen) atoms. The highest BCUT2D eigenvalue weighted by Crippen LogP contribution is 2.34. The second-order valence-electron chi connectivity index (χ2n) is 37.0. The highest BCUT2D eigenvalue weighted by molar-refractivity contribution is 8.00. The van der Waals surface area contributed by atoms with Crippen molar-refractivity contribution in [3.63, 3.8) is 0 Å². The minimum Gasteiger partial charge on any atom is -0.481 e. The van der Waals surface area contributed by atoms with Crippen molar-refractivity contribution < 1.29 is 136 Å². The van der Waals surface area contributed by atoms with E-state index >= 15 is 0 Å². The van der Waals surface area contributed by atoms with Crippen LogP contribution in [0.25, 0.3) is 0 Å². The summed E-state index contributed by atoms with van der Waals surface area (Å²) in [6, 6.07) is 6.86. The van der Waals surface area contributed by atoms with Gasteiger partial charge in [-0.2, -0.15) is 11.8 Å². The summed E-state index contributed by atoms with van der Waals surface area (Å²) >= 11 is 1.86. The number of carbonyl (C=O) groups is 18. The molecule has 43 heteroatoms. The van der Waals surface area contributed by atoms with E-state index in [4.69, 9.17) is 40.9 Å². The number of ketones is 6. The molecule has 2 aromatic carbocycles. The lowest BCUT2D eigenvalue weighted by atomic mass is 9.86. The largest absolute Gasteiger partial charge is 0.481 e. The van der Waals surface area contributed by atoms with Crippen molar-refractivity contribution in [2.24, 2.45) is 64.5 Å². The number of nitrogens with one attached hydrogen (secondary N) is 11. The molecule has 0 spiro atoms. The molecule has 0 radical (unpaired) electrons. The number of aliphatic carboxylic acids is 1. The Balaban J connectivity index is 1.32. The van der Waals surface area contributed by atoms with E-state index in [2.05, 4.69) is 58.5 Å². The molecular weight excluding hydrogens is 1850 g/mol. The molecule has 0 aliphatic carbocycles. The molecule has 2 aromatic rings. The van der Waals surface area contributed by atoms with Gasteiger partial charge < -0.3 is 125 Å². The van der Waals surface area contributed by atoms with Crippen molar-refractivity contribution in [3.8, 4) is 0 Å². The normalized spacial score (nSPS) is 17.1. The zero-order valence-corrected chi connectivity index (χ0v) is 83.9. The number of unbranched alkanes of at least 4 members (excludes halogenated alkanes) is 4. The number of carboxylic acids is 1. The number of nitrogens with two attached hydrogens (primary N) is 3. The van der Waals surface area contributed by atoms with Crippen LogP contribution < -0.4 is 75.7 Å². The zero-order valence-electron chi connectivity index (χ0n) is 83.0. The van der Waals surface area contributed by atoms with Crippen LogP contribution in [0.3, 0.4) is 0 Å². The lowest BCUT2D eigenvalue weighted by Crippen LogP contribution is -2.53. The fourth-order valence-electron chi connectivity index (χ4n) is 16.1. The SMILES string of the molecule is CCCCC[C@@H](NC(=O)[C@H](CC(=O)O)CC(=O)C(NC(=O)[C@@H](CC(=O)[C@@H](CCCCN)NC(=O)CCC(=O)[C@@H](Cc1ccccc1)NC(=O)[C@@H](Cc1ccccc1)NC(=O)CCOCCOCCOCCOCCOCCNC(=O)CCCC[C@@H]1SC[C@H]2NC(=O)N[C@@H]12)C(C)C)[C@@H](C)O)C(=O)C[C@@H](CO)C(=O)N[C@H](CN)C(=O)CC(C(=O)N[C@@H](C(=O)C[C@@H](CO)C(=O)N[C@@H](C(N)=O)C(C)C)C(C)C)[C@@H](C)O. The van der Waals surface area contributed by atoms with Gasteiger partial charge in [-0.1, -0.05) is 135 Å². The van der Waals surface area contributed by atoms with E-state index in [0.29, 0.717) is 94.7 Å². The van der Waals surface area contributed by atoms with Gasteiger partial charge in [0.05, 0.1) is 164 Å². The molecule has 2 aliphatic rings. The average molecular weight is 2010 g/mol. The highest BCUT2D eigenvalue weighted by Gasteiger charge is 2.44. The number of ether oxygens (including phenoxy) is 5. The lowest BCUT2D eigenvalue weighted by Gasteiger charge is -2.28. The van der Waals surface area contributed by atoms with Crippen LogP contribution in [0, 0.1) is 47.3 Å². The third kappa shape index (κ3) is 47.3. The number of hydrogen-bond acceptors (Lipinski definition) is 30. The quantitative estimate of drug-likeness (QED) is 0.0311. The Morgan fingerprint density at radius 1 is 0.426 bits per heavy atom. The van der Waals surface area contributed by atoms with Crippen molar-refractivity contribution in [1.29, 1.82) is 0 Å². The molecule has 2 heterocycles. The number of carboxylic acid groups (broad SMARTS) is 1. The zero-order chi connectivity index (χ0) is 105. The Labute approximate surface area is 829 Å². The van der Waals surface area contributed by atoms with E-state index in [1.165, 1.54) is 6.92 Å². The third-order valence-electron chi connectivity index (χ3n) is 24.5. The fraction of sp³-hybridized carbons (Fsp3) is 0.694. The Morgan fingerprint density at radius 3 is 1.42 bits per heavy atom. The van der Waals surface area contributed by atoms with E-state index in [1.807, 2.05) is 18.7 Å². The molecule has 12 amide bonds. The molecule has 2 fully saturated rings.